The molecule has 0 radical (unpaired) electrons. The van der Waals surface area contributed by atoms with Crippen molar-refractivity contribution in [2.75, 3.05) is 13.1 Å². The van der Waals surface area contributed by atoms with Gasteiger partial charge in [-0.15, -0.1) is 0 Å². The van der Waals surface area contributed by atoms with Gasteiger partial charge < -0.3 is 14.0 Å². The number of carbonyl (C=O) groups excluding carboxylic acids is 1. The Hall–Kier alpha value is -3.19. The molecule has 2 heterocycles. The van der Waals surface area contributed by atoms with Crippen LogP contribution in [0.2, 0.25) is 0 Å². The number of benzene rings is 2. The van der Waals surface area contributed by atoms with Crippen molar-refractivity contribution in [3.8, 4) is 5.75 Å². The highest BCUT2D eigenvalue weighted by Gasteiger charge is 2.38. The van der Waals surface area contributed by atoms with Crippen LogP contribution in [0, 0.1) is 47.7 Å². The topological polar surface area (TPSA) is 43.7 Å². The molecule has 41 heavy (non-hydrogen) atoms. The van der Waals surface area contributed by atoms with E-state index >= 15 is 0 Å². The first-order valence-corrected chi connectivity index (χ1v) is 13.1. The van der Waals surface area contributed by atoms with Gasteiger partial charge in [0, 0.05) is 36.3 Å². The van der Waals surface area contributed by atoms with Gasteiger partial charge >= 0.3 is 12.6 Å². The van der Waals surface area contributed by atoms with Crippen LogP contribution in [0.1, 0.15) is 54.7 Å². The van der Waals surface area contributed by atoms with E-state index in [1.165, 1.54) is 19.1 Å². The van der Waals surface area contributed by atoms with Gasteiger partial charge in [0.1, 0.15) is 5.82 Å². The number of carbonyl (C=O) groups is 1. The van der Waals surface area contributed by atoms with Gasteiger partial charge in [-0.05, 0) is 63.6 Å². The molecule has 0 N–H and O–H groups in total. The van der Waals surface area contributed by atoms with Crippen LogP contribution < -0.4 is 4.74 Å². The fourth-order valence-electron chi connectivity index (χ4n) is 6.17. The predicted octanol–water partition coefficient (Wildman–Crippen LogP) is 7.05. The Morgan fingerprint density at radius 3 is 2.07 bits per heavy atom. The second-order valence-corrected chi connectivity index (χ2v) is 10.6. The molecule has 1 aliphatic carbocycles. The molecule has 2 aromatic carbocycles. The summed E-state index contributed by atoms with van der Waals surface area (Å²) in [6.45, 7) is 1.48. The maximum Gasteiger partial charge on any atom is 0.346 e. The van der Waals surface area contributed by atoms with E-state index in [0.29, 0.717) is 18.6 Å². The van der Waals surface area contributed by atoms with Crippen molar-refractivity contribution in [2.45, 2.75) is 64.3 Å². The number of nitrogens with zero attached hydrogens (tertiary/aromatic N) is 2. The molecule has 0 spiro atoms. The SMILES string of the molecule is Cc1c(C(=O)Oc2c(F)c(F)c(F)c(F)c2F)c2ccc(F)cc2n1C(C)C1CCC(N2CC(OC(F)F)C2)CC1. The number of halogens is 8. The summed E-state index contributed by atoms with van der Waals surface area (Å²) < 4.78 is 119. The summed E-state index contributed by atoms with van der Waals surface area (Å²) in [5, 5.41) is 0.184. The van der Waals surface area contributed by atoms with Gasteiger partial charge in [-0.3, -0.25) is 4.90 Å². The molecule has 1 saturated carbocycles. The molecule has 1 unspecified atom stereocenters. The van der Waals surface area contributed by atoms with Crippen LogP contribution in [0.3, 0.4) is 0 Å². The Balaban J connectivity index is 1.39. The van der Waals surface area contributed by atoms with E-state index in [0.717, 1.165) is 31.7 Å². The first-order chi connectivity index (χ1) is 19.4. The zero-order valence-electron chi connectivity index (χ0n) is 22.0. The van der Waals surface area contributed by atoms with Gasteiger partial charge in [-0.2, -0.15) is 17.6 Å². The van der Waals surface area contributed by atoms with Crippen molar-refractivity contribution in [3.05, 3.63) is 64.4 Å². The molecule has 1 saturated heterocycles. The minimum Gasteiger partial charge on any atom is -0.416 e. The van der Waals surface area contributed by atoms with Gasteiger partial charge in [-0.1, -0.05) is 0 Å². The Bertz CT molecular complexity index is 1450. The predicted molar refractivity (Wildman–Crippen MR) is 131 cm³/mol. The van der Waals surface area contributed by atoms with Gasteiger partial charge in [0.15, 0.2) is 0 Å². The highest BCUT2D eigenvalue weighted by molar-refractivity contribution is 6.06. The monoisotopic (exact) mass is 590 g/mol. The number of hydrogen-bond acceptors (Lipinski definition) is 4. The standard InChI is InChI=1S/C28H26F8N2O3/c1-12(14-3-6-16(7-4-14)37-10-17(11-37)40-28(35)36)38-13(2)20(18-8-5-15(29)9-19(18)38)27(39)41-26-24(33)22(31)21(30)23(32)25(26)34/h5,8-9,12,14,16-17,28H,3-4,6-7,10-11H2,1-2H3. The van der Waals surface area contributed by atoms with Crippen molar-refractivity contribution in [3.63, 3.8) is 0 Å². The molecule has 0 amide bonds. The Morgan fingerprint density at radius 2 is 1.49 bits per heavy atom. The Labute approximate surface area is 229 Å². The zero-order valence-corrected chi connectivity index (χ0v) is 22.0. The maximum absolute atomic E-state index is 14.3. The number of alkyl halides is 2. The molecule has 13 heteroatoms. The Kier molecular flexibility index (Phi) is 8.03. The highest BCUT2D eigenvalue weighted by Crippen LogP contribution is 2.40. The molecule has 1 atom stereocenters. The molecule has 222 valence electrons. The zero-order chi connectivity index (χ0) is 29.7. The van der Waals surface area contributed by atoms with Crippen molar-refractivity contribution in [1.29, 1.82) is 0 Å². The summed E-state index contributed by atoms with van der Waals surface area (Å²) in [5.74, 6) is -15.1. The summed E-state index contributed by atoms with van der Waals surface area (Å²) in [4.78, 5) is 15.2. The lowest BCUT2D eigenvalue weighted by Crippen LogP contribution is -2.57. The summed E-state index contributed by atoms with van der Waals surface area (Å²) in [7, 11) is 0. The summed E-state index contributed by atoms with van der Waals surface area (Å²) in [6, 6.07) is 3.50. The third-order valence-electron chi connectivity index (χ3n) is 8.30. The lowest BCUT2D eigenvalue weighted by atomic mass is 9.80. The van der Waals surface area contributed by atoms with Crippen molar-refractivity contribution in [1.82, 2.24) is 9.47 Å². The summed E-state index contributed by atoms with van der Waals surface area (Å²) >= 11 is 0. The molecule has 5 nitrogen and oxygen atoms in total. The third kappa shape index (κ3) is 5.29. The molecule has 2 aliphatic rings. The van der Waals surface area contributed by atoms with E-state index in [2.05, 4.69) is 9.64 Å². The maximum atomic E-state index is 14.3. The molecule has 5 rings (SSSR count). The van der Waals surface area contributed by atoms with E-state index in [1.54, 1.807) is 4.57 Å². The Morgan fingerprint density at radius 1 is 0.902 bits per heavy atom. The van der Waals surface area contributed by atoms with Gasteiger partial charge in [0.2, 0.25) is 34.8 Å². The van der Waals surface area contributed by atoms with Crippen molar-refractivity contribution < 1.29 is 49.4 Å². The number of ether oxygens (including phenoxy) is 2. The van der Waals surface area contributed by atoms with Crippen LogP contribution in [0.5, 0.6) is 5.75 Å². The minimum absolute atomic E-state index is 0.0808. The normalized spacial score (nSPS) is 21.0. The van der Waals surface area contributed by atoms with Crippen molar-refractivity contribution >= 4 is 16.9 Å². The van der Waals surface area contributed by atoms with Gasteiger partial charge in [0.05, 0.1) is 17.2 Å². The first-order valence-electron chi connectivity index (χ1n) is 13.1. The number of fused-ring (bicyclic) bond motifs is 1. The summed E-state index contributed by atoms with van der Waals surface area (Å²) in [6.07, 6.45) is 2.60. The van der Waals surface area contributed by atoms with Crippen LogP contribution >= 0.6 is 0 Å². The molecule has 2 fully saturated rings. The molecule has 0 bridgehead atoms. The number of esters is 1. The van der Waals surface area contributed by atoms with E-state index in [9.17, 15) is 39.9 Å². The van der Waals surface area contributed by atoms with Crippen LogP contribution in [0.15, 0.2) is 18.2 Å². The molecule has 1 aliphatic heterocycles. The van der Waals surface area contributed by atoms with Crippen LogP contribution in [0.4, 0.5) is 35.1 Å². The molecular weight excluding hydrogens is 564 g/mol. The molecule has 3 aromatic rings. The van der Waals surface area contributed by atoms with Crippen molar-refractivity contribution in [2.24, 2.45) is 5.92 Å². The van der Waals surface area contributed by atoms with Gasteiger partial charge in [0.25, 0.3) is 0 Å². The second kappa shape index (κ2) is 11.2. The quantitative estimate of drug-likeness (QED) is 0.0973. The first kappa shape index (κ1) is 29.3. The highest BCUT2D eigenvalue weighted by atomic mass is 19.3. The van der Waals surface area contributed by atoms with Gasteiger partial charge in [-0.25, -0.2) is 22.4 Å². The van der Waals surface area contributed by atoms with Crippen LogP contribution in [0.25, 0.3) is 10.9 Å². The lowest BCUT2D eigenvalue weighted by Gasteiger charge is -2.46. The second-order valence-electron chi connectivity index (χ2n) is 10.6. The number of rotatable bonds is 7. The molecule has 1 aromatic heterocycles. The average Bonchev–Trinajstić information content (AvgIpc) is 3.20. The fourth-order valence-corrected chi connectivity index (χ4v) is 6.17. The van der Waals surface area contributed by atoms with Crippen LogP contribution in [-0.4, -0.2) is 47.3 Å². The van der Waals surface area contributed by atoms with E-state index in [1.807, 2.05) is 6.92 Å². The number of hydrogen-bond donors (Lipinski definition) is 0. The lowest BCUT2D eigenvalue weighted by molar-refractivity contribution is -0.202. The number of likely N-dealkylation sites (tertiary alicyclic amines) is 1. The van der Waals surface area contributed by atoms with Crippen LogP contribution in [-0.2, 0) is 4.74 Å². The van der Waals surface area contributed by atoms with E-state index < -0.39 is 59.3 Å². The van der Waals surface area contributed by atoms with E-state index in [-0.39, 0.29) is 34.6 Å². The number of aromatic nitrogens is 1. The summed E-state index contributed by atoms with van der Waals surface area (Å²) in [5.41, 5.74) is 0.371. The average molecular weight is 591 g/mol. The third-order valence-corrected chi connectivity index (χ3v) is 8.30. The van der Waals surface area contributed by atoms with E-state index in [4.69, 9.17) is 4.74 Å². The molecular formula is C28H26F8N2O3. The minimum atomic E-state index is -2.80. The smallest absolute Gasteiger partial charge is 0.346 e. The fraction of sp³-hybridized carbons (Fsp3) is 0.464. The largest absolute Gasteiger partial charge is 0.416 e.